The minimum Gasteiger partial charge on any atom is -0.303 e. The Balaban J connectivity index is 1.39. The molecule has 5 heteroatoms. The SMILES string of the molecule is CCn1ncc(CN(C)CC2CCN(CCc3cccc(F)c3)CC2)c1C. The summed E-state index contributed by atoms with van der Waals surface area (Å²) in [7, 11) is 2.22. The van der Waals surface area contributed by atoms with Crippen molar-refractivity contribution in [2.75, 3.05) is 33.2 Å². The van der Waals surface area contributed by atoms with Gasteiger partial charge in [-0.2, -0.15) is 5.10 Å². The van der Waals surface area contributed by atoms with Gasteiger partial charge < -0.3 is 9.80 Å². The summed E-state index contributed by atoms with van der Waals surface area (Å²) in [5, 5.41) is 4.45. The van der Waals surface area contributed by atoms with E-state index >= 15 is 0 Å². The van der Waals surface area contributed by atoms with E-state index in [1.54, 1.807) is 12.1 Å². The van der Waals surface area contributed by atoms with Crippen LogP contribution in [0.3, 0.4) is 0 Å². The molecule has 1 aliphatic heterocycles. The maximum Gasteiger partial charge on any atom is 0.123 e. The second-order valence-electron chi connectivity index (χ2n) is 7.93. The Morgan fingerprint density at radius 1 is 1.26 bits per heavy atom. The standard InChI is InChI=1S/C22H33FN4/c1-4-27-18(2)21(15-24-27)17-25(3)16-20-9-12-26(13-10-20)11-8-19-6-5-7-22(23)14-19/h5-7,14-15,20H,4,8-13,16-17H2,1-3H3. The van der Waals surface area contributed by atoms with Gasteiger partial charge in [0.25, 0.3) is 0 Å². The van der Waals surface area contributed by atoms with E-state index in [2.05, 4.69) is 40.5 Å². The van der Waals surface area contributed by atoms with E-state index in [1.807, 2.05) is 12.3 Å². The van der Waals surface area contributed by atoms with E-state index < -0.39 is 0 Å². The molecule has 0 bridgehead atoms. The summed E-state index contributed by atoms with van der Waals surface area (Å²) in [6.07, 6.45) is 5.45. The van der Waals surface area contributed by atoms with Gasteiger partial charge >= 0.3 is 0 Å². The third-order valence-corrected chi connectivity index (χ3v) is 5.83. The van der Waals surface area contributed by atoms with Gasteiger partial charge in [-0.25, -0.2) is 4.39 Å². The normalized spacial score (nSPS) is 16.3. The number of aromatic nitrogens is 2. The molecule has 2 heterocycles. The minimum atomic E-state index is -0.131. The van der Waals surface area contributed by atoms with E-state index in [-0.39, 0.29) is 5.82 Å². The smallest absolute Gasteiger partial charge is 0.123 e. The summed E-state index contributed by atoms with van der Waals surface area (Å²) in [4.78, 5) is 4.97. The first-order chi connectivity index (χ1) is 13.0. The maximum absolute atomic E-state index is 13.3. The molecular formula is C22H33FN4. The Bertz CT molecular complexity index is 719. The third kappa shape index (κ3) is 5.63. The molecule has 1 aromatic carbocycles. The number of likely N-dealkylation sites (tertiary alicyclic amines) is 1. The summed E-state index contributed by atoms with van der Waals surface area (Å²) in [5.74, 6) is 0.635. The minimum absolute atomic E-state index is 0.131. The van der Waals surface area contributed by atoms with Crippen LogP contribution in [0.1, 0.15) is 36.6 Å². The molecule has 0 saturated carbocycles. The molecule has 1 saturated heterocycles. The van der Waals surface area contributed by atoms with E-state index in [1.165, 1.54) is 30.2 Å². The van der Waals surface area contributed by atoms with Gasteiger partial charge in [0.2, 0.25) is 0 Å². The van der Waals surface area contributed by atoms with Gasteiger partial charge in [-0.3, -0.25) is 4.68 Å². The van der Waals surface area contributed by atoms with Gasteiger partial charge in [-0.05, 0) is 76.9 Å². The van der Waals surface area contributed by atoms with Gasteiger partial charge in [0.15, 0.2) is 0 Å². The highest BCUT2D eigenvalue weighted by Gasteiger charge is 2.20. The molecule has 1 aromatic heterocycles. The molecule has 3 rings (SSSR count). The van der Waals surface area contributed by atoms with Crippen LogP contribution in [0.2, 0.25) is 0 Å². The van der Waals surface area contributed by atoms with Crippen molar-refractivity contribution in [1.82, 2.24) is 19.6 Å². The highest BCUT2D eigenvalue weighted by molar-refractivity contribution is 5.17. The van der Waals surface area contributed by atoms with E-state index in [4.69, 9.17) is 0 Å². The maximum atomic E-state index is 13.3. The Morgan fingerprint density at radius 2 is 2.04 bits per heavy atom. The van der Waals surface area contributed by atoms with Crippen LogP contribution >= 0.6 is 0 Å². The highest BCUT2D eigenvalue weighted by atomic mass is 19.1. The monoisotopic (exact) mass is 372 g/mol. The van der Waals surface area contributed by atoms with E-state index in [9.17, 15) is 4.39 Å². The van der Waals surface area contributed by atoms with Crippen LogP contribution < -0.4 is 0 Å². The second-order valence-corrected chi connectivity index (χ2v) is 7.93. The zero-order valence-corrected chi connectivity index (χ0v) is 17.0. The molecule has 0 atom stereocenters. The van der Waals surface area contributed by atoms with Crippen LogP contribution in [-0.2, 0) is 19.5 Å². The summed E-state index contributed by atoms with van der Waals surface area (Å²) in [5.41, 5.74) is 3.73. The Morgan fingerprint density at radius 3 is 2.70 bits per heavy atom. The average Bonchev–Trinajstić information content (AvgIpc) is 3.01. The molecule has 148 valence electrons. The lowest BCUT2D eigenvalue weighted by Gasteiger charge is -2.34. The Hall–Kier alpha value is -1.72. The summed E-state index contributed by atoms with van der Waals surface area (Å²) < 4.78 is 15.4. The Kier molecular flexibility index (Phi) is 7.02. The molecule has 1 fully saturated rings. The number of nitrogens with zero attached hydrogens (tertiary/aromatic N) is 4. The van der Waals surface area contributed by atoms with Crippen molar-refractivity contribution < 1.29 is 4.39 Å². The molecule has 2 aromatic rings. The van der Waals surface area contributed by atoms with Gasteiger partial charge in [0, 0.05) is 37.4 Å². The molecule has 0 radical (unpaired) electrons. The zero-order chi connectivity index (χ0) is 19.2. The van der Waals surface area contributed by atoms with Crippen molar-refractivity contribution in [3.63, 3.8) is 0 Å². The first-order valence-electron chi connectivity index (χ1n) is 10.2. The first-order valence-corrected chi connectivity index (χ1v) is 10.2. The molecule has 0 aliphatic carbocycles. The number of hydrogen-bond acceptors (Lipinski definition) is 3. The lowest BCUT2D eigenvalue weighted by molar-refractivity contribution is 0.153. The molecule has 1 aliphatic rings. The zero-order valence-electron chi connectivity index (χ0n) is 17.0. The summed E-state index contributed by atoms with van der Waals surface area (Å²) in [6, 6.07) is 7.00. The van der Waals surface area contributed by atoms with Gasteiger partial charge in [-0.1, -0.05) is 12.1 Å². The molecule has 0 spiro atoms. The highest BCUT2D eigenvalue weighted by Crippen LogP contribution is 2.20. The fraction of sp³-hybridized carbons (Fsp3) is 0.591. The number of benzene rings is 1. The van der Waals surface area contributed by atoms with E-state index in [0.717, 1.165) is 57.2 Å². The topological polar surface area (TPSA) is 24.3 Å². The largest absolute Gasteiger partial charge is 0.303 e. The number of aryl methyl sites for hydroxylation is 1. The van der Waals surface area contributed by atoms with Crippen LogP contribution in [0.4, 0.5) is 4.39 Å². The second kappa shape index (κ2) is 9.47. The van der Waals surface area contributed by atoms with Gasteiger partial charge in [0.1, 0.15) is 5.82 Å². The summed E-state index contributed by atoms with van der Waals surface area (Å²) >= 11 is 0. The predicted molar refractivity (Wildman–Crippen MR) is 108 cm³/mol. The quantitative estimate of drug-likeness (QED) is 0.706. The molecule has 27 heavy (non-hydrogen) atoms. The first kappa shape index (κ1) is 20.0. The Labute approximate surface area is 163 Å². The fourth-order valence-electron chi connectivity index (χ4n) is 4.13. The molecule has 0 N–H and O–H groups in total. The third-order valence-electron chi connectivity index (χ3n) is 5.83. The van der Waals surface area contributed by atoms with Crippen molar-refractivity contribution in [2.45, 2.75) is 46.2 Å². The number of hydrogen-bond donors (Lipinski definition) is 0. The predicted octanol–water partition coefficient (Wildman–Crippen LogP) is 3.74. The van der Waals surface area contributed by atoms with Crippen LogP contribution in [0.25, 0.3) is 0 Å². The van der Waals surface area contributed by atoms with Crippen LogP contribution in [0.15, 0.2) is 30.5 Å². The van der Waals surface area contributed by atoms with Gasteiger partial charge in [-0.15, -0.1) is 0 Å². The molecular weight excluding hydrogens is 339 g/mol. The number of rotatable bonds is 8. The lowest BCUT2D eigenvalue weighted by atomic mass is 9.96. The molecule has 4 nitrogen and oxygen atoms in total. The average molecular weight is 373 g/mol. The van der Waals surface area contributed by atoms with Crippen molar-refractivity contribution in [1.29, 1.82) is 0 Å². The lowest BCUT2D eigenvalue weighted by Crippen LogP contribution is -2.38. The molecule has 0 unspecified atom stereocenters. The van der Waals surface area contributed by atoms with Crippen LogP contribution in [0, 0.1) is 18.7 Å². The van der Waals surface area contributed by atoms with Gasteiger partial charge in [0.05, 0.1) is 6.20 Å². The van der Waals surface area contributed by atoms with Crippen molar-refractivity contribution in [3.05, 3.63) is 53.1 Å². The van der Waals surface area contributed by atoms with Crippen molar-refractivity contribution in [3.8, 4) is 0 Å². The van der Waals surface area contributed by atoms with Crippen LogP contribution in [-0.4, -0.2) is 52.8 Å². The molecule has 0 amide bonds. The van der Waals surface area contributed by atoms with Crippen molar-refractivity contribution >= 4 is 0 Å². The fourth-order valence-corrected chi connectivity index (χ4v) is 4.13. The number of piperidine rings is 1. The van der Waals surface area contributed by atoms with Crippen LogP contribution in [0.5, 0.6) is 0 Å². The van der Waals surface area contributed by atoms with E-state index in [0.29, 0.717) is 0 Å². The number of halogens is 1. The van der Waals surface area contributed by atoms with Crippen molar-refractivity contribution in [2.24, 2.45) is 5.92 Å². The summed E-state index contributed by atoms with van der Waals surface area (Å²) in [6.45, 7) is 10.7.